The minimum atomic E-state index is -3.55. The van der Waals surface area contributed by atoms with Crippen molar-refractivity contribution in [2.24, 2.45) is 23.2 Å². The molecule has 0 aromatic carbocycles. The Kier molecular flexibility index (Phi) is 12.7. The highest BCUT2D eigenvalue weighted by molar-refractivity contribution is 7.92. The van der Waals surface area contributed by atoms with E-state index in [-0.39, 0.29) is 34.8 Å². The molecule has 3 saturated carbocycles. The Hall–Kier alpha value is -2.70. The first-order chi connectivity index (χ1) is 23.4. The number of ketones is 1. The summed E-state index contributed by atoms with van der Waals surface area (Å²) in [5.74, 6) is -2.53. The fourth-order valence-corrected chi connectivity index (χ4v) is 10.2. The van der Waals surface area contributed by atoms with E-state index < -0.39 is 61.9 Å². The molecule has 5 amide bonds. The number of carbonyl (C=O) groups is 5. The second-order valence-corrected chi connectivity index (χ2v) is 19.8. The van der Waals surface area contributed by atoms with Gasteiger partial charge in [-0.1, -0.05) is 72.6 Å². The highest BCUT2D eigenvalue weighted by Gasteiger charge is 2.69. The molecule has 0 radical (unpaired) electrons. The van der Waals surface area contributed by atoms with Gasteiger partial charge in [-0.25, -0.2) is 13.2 Å². The van der Waals surface area contributed by atoms with Gasteiger partial charge in [0.05, 0.1) is 22.1 Å². The molecule has 1 heterocycles. The molecule has 4 fully saturated rings. The summed E-state index contributed by atoms with van der Waals surface area (Å²) >= 11 is 0. The van der Waals surface area contributed by atoms with Crippen LogP contribution >= 0.6 is 0 Å². The average molecular weight is 722 g/mol. The van der Waals surface area contributed by atoms with Gasteiger partial charge in [0.1, 0.15) is 12.1 Å². The Balaban J connectivity index is 1.57. The van der Waals surface area contributed by atoms with Crippen LogP contribution in [0.25, 0.3) is 0 Å². The molecular weight excluding hydrogens is 659 g/mol. The normalized spacial score (nSPS) is 25.8. The predicted molar refractivity (Wildman–Crippen MR) is 193 cm³/mol. The molecule has 4 rings (SSSR count). The van der Waals surface area contributed by atoms with E-state index in [4.69, 9.17) is 0 Å². The number of piperidine rings is 1. The topological polar surface area (TPSA) is 171 Å². The van der Waals surface area contributed by atoms with Gasteiger partial charge in [0.15, 0.2) is 9.84 Å². The van der Waals surface area contributed by atoms with Crippen molar-refractivity contribution in [3.05, 3.63) is 0 Å². The maximum Gasteiger partial charge on any atom is 0.315 e. The number of urea groups is 1. The third-order valence-corrected chi connectivity index (χ3v) is 14.8. The number of likely N-dealkylation sites (tertiary alicyclic amines) is 1. The van der Waals surface area contributed by atoms with Gasteiger partial charge in [0, 0.05) is 13.1 Å². The van der Waals surface area contributed by atoms with E-state index >= 15 is 0 Å². The third kappa shape index (κ3) is 8.84. The number of nitrogens with zero attached hydrogens (tertiary/aromatic N) is 1. The zero-order valence-electron chi connectivity index (χ0n) is 31.5. The molecule has 13 heteroatoms. The predicted octanol–water partition coefficient (Wildman–Crippen LogP) is 4.01. The van der Waals surface area contributed by atoms with E-state index in [0.29, 0.717) is 45.2 Å². The number of amides is 5. The summed E-state index contributed by atoms with van der Waals surface area (Å²) in [7, 11) is -3.55. The molecule has 4 N–H and O–H groups in total. The van der Waals surface area contributed by atoms with Crippen molar-refractivity contribution >= 4 is 39.4 Å². The number of fused-ring (bicyclic) bond motifs is 1. The molecule has 12 nitrogen and oxygen atoms in total. The number of hydrogen-bond donors (Lipinski definition) is 4. The Morgan fingerprint density at radius 2 is 1.50 bits per heavy atom. The van der Waals surface area contributed by atoms with Crippen molar-refractivity contribution in [2.75, 3.05) is 18.8 Å². The van der Waals surface area contributed by atoms with E-state index in [1.165, 1.54) is 0 Å². The van der Waals surface area contributed by atoms with Gasteiger partial charge in [-0.3, -0.25) is 19.2 Å². The number of hydrogen-bond acceptors (Lipinski definition) is 7. The van der Waals surface area contributed by atoms with Crippen molar-refractivity contribution in [1.82, 2.24) is 26.2 Å². The lowest BCUT2D eigenvalue weighted by Gasteiger charge is -2.41. The number of carbonyl (C=O) groups excluding carboxylic acids is 5. The van der Waals surface area contributed by atoms with E-state index in [0.717, 1.165) is 51.4 Å². The fraction of sp³-hybridized carbons (Fsp3) is 0.865. The van der Waals surface area contributed by atoms with Crippen molar-refractivity contribution in [1.29, 1.82) is 0 Å². The molecule has 3 aliphatic carbocycles. The smallest absolute Gasteiger partial charge is 0.315 e. The molecule has 0 spiro atoms. The number of nitrogens with one attached hydrogen (secondary N) is 4. The van der Waals surface area contributed by atoms with Crippen molar-refractivity contribution in [3.8, 4) is 0 Å². The maximum atomic E-state index is 14.7. The van der Waals surface area contributed by atoms with Crippen LogP contribution in [0.2, 0.25) is 0 Å². The van der Waals surface area contributed by atoms with Crippen molar-refractivity contribution in [2.45, 2.75) is 160 Å². The van der Waals surface area contributed by atoms with Crippen LogP contribution < -0.4 is 21.3 Å². The molecule has 50 heavy (non-hydrogen) atoms. The lowest BCUT2D eigenvalue weighted by molar-refractivity contribution is -0.144. The highest BCUT2D eigenvalue weighted by Crippen LogP contribution is 2.65. The monoisotopic (exact) mass is 721 g/mol. The maximum absolute atomic E-state index is 14.7. The van der Waals surface area contributed by atoms with Crippen molar-refractivity contribution in [3.63, 3.8) is 0 Å². The molecule has 0 bridgehead atoms. The molecule has 284 valence electrons. The lowest BCUT2D eigenvalue weighted by Crippen LogP contribution is -2.63. The zero-order valence-corrected chi connectivity index (χ0v) is 32.3. The van der Waals surface area contributed by atoms with Gasteiger partial charge < -0.3 is 26.2 Å². The van der Waals surface area contributed by atoms with Gasteiger partial charge in [-0.2, -0.15) is 0 Å². The summed E-state index contributed by atoms with van der Waals surface area (Å²) in [5.41, 5.74) is -1.11. The second-order valence-electron chi connectivity index (χ2n) is 17.0. The molecule has 0 aromatic heterocycles. The van der Waals surface area contributed by atoms with Crippen LogP contribution in [0, 0.1) is 23.2 Å². The quantitative estimate of drug-likeness (QED) is 0.196. The molecule has 0 aromatic rings. The SMILES string of the molecule is CCCNC(=O)C(=O)C(CCC)NC(=O)[C@@H]1[C@@H]2[C@H](CN1C(=O)[C@@H](NC(=O)NC1(CS(=O)(=O)C(C)(C)C)CCCCC1)C1CCCCC1)C2(C)C. The van der Waals surface area contributed by atoms with Gasteiger partial charge in [-0.15, -0.1) is 0 Å². The van der Waals surface area contributed by atoms with Crippen LogP contribution in [-0.4, -0.2) is 90.1 Å². The minimum Gasteiger partial charge on any atom is -0.349 e. The van der Waals surface area contributed by atoms with Gasteiger partial charge in [0.2, 0.25) is 17.6 Å². The minimum absolute atomic E-state index is 0.0873. The molecule has 1 unspecified atom stereocenters. The Labute approximate surface area is 299 Å². The lowest BCUT2D eigenvalue weighted by atomic mass is 9.82. The summed E-state index contributed by atoms with van der Waals surface area (Å²) in [4.78, 5) is 69.9. The fourth-order valence-electron chi connectivity index (χ4n) is 8.67. The number of rotatable bonds is 14. The van der Waals surface area contributed by atoms with Crippen LogP contribution in [0.4, 0.5) is 4.79 Å². The van der Waals surface area contributed by atoms with Gasteiger partial charge in [0.25, 0.3) is 5.91 Å². The summed E-state index contributed by atoms with van der Waals surface area (Å²) in [5, 5.41) is 11.5. The average Bonchev–Trinajstić information content (AvgIpc) is 3.36. The highest BCUT2D eigenvalue weighted by atomic mass is 32.2. The number of sulfone groups is 1. The van der Waals surface area contributed by atoms with E-state index in [1.54, 1.807) is 25.7 Å². The molecule has 5 atom stereocenters. The first-order valence-electron chi connectivity index (χ1n) is 19.1. The van der Waals surface area contributed by atoms with E-state index in [9.17, 15) is 32.4 Å². The Morgan fingerprint density at radius 1 is 0.880 bits per heavy atom. The van der Waals surface area contributed by atoms with Gasteiger partial charge >= 0.3 is 6.03 Å². The first-order valence-corrected chi connectivity index (χ1v) is 20.8. The summed E-state index contributed by atoms with van der Waals surface area (Å²) in [6.07, 6.45) is 9.59. The number of Topliss-reactive ketones (excluding diaryl/α,β-unsaturated/α-hetero) is 1. The van der Waals surface area contributed by atoms with Crippen LogP contribution in [0.1, 0.15) is 132 Å². The standard InChI is InChI=1S/C37H63N5O7S/c1-8-16-26(30(43)32(45)38-21-9-2)39-31(44)29-27-25(36(27,6)7)22-42(29)33(46)28(24-17-12-10-13-18-24)40-34(47)41-37(19-14-11-15-20-37)23-50(48,49)35(3,4)5/h24-29H,8-23H2,1-7H3,(H,38,45)(H,39,44)(H2,40,41,47)/t25-,26?,27-,28-,29-/m0/s1. The van der Waals surface area contributed by atoms with Crippen molar-refractivity contribution < 1.29 is 32.4 Å². The van der Waals surface area contributed by atoms with Crippen LogP contribution in [0.5, 0.6) is 0 Å². The Bertz CT molecular complexity index is 1380. The summed E-state index contributed by atoms with van der Waals surface area (Å²) in [6.45, 7) is 13.7. The molecule has 4 aliphatic rings. The first kappa shape index (κ1) is 40.1. The van der Waals surface area contributed by atoms with E-state index in [1.807, 2.05) is 13.8 Å². The third-order valence-electron chi connectivity index (χ3n) is 12.0. The molecule has 1 aliphatic heterocycles. The summed E-state index contributed by atoms with van der Waals surface area (Å²) in [6, 6.07) is -3.29. The summed E-state index contributed by atoms with van der Waals surface area (Å²) < 4.78 is 25.8. The largest absolute Gasteiger partial charge is 0.349 e. The second kappa shape index (κ2) is 15.9. The Morgan fingerprint density at radius 3 is 2.08 bits per heavy atom. The zero-order chi connectivity index (χ0) is 37.1. The van der Waals surface area contributed by atoms with E-state index in [2.05, 4.69) is 35.1 Å². The van der Waals surface area contributed by atoms with Crippen LogP contribution in [-0.2, 0) is 29.0 Å². The molecule has 1 saturated heterocycles. The van der Waals surface area contributed by atoms with Crippen LogP contribution in [0.15, 0.2) is 0 Å². The van der Waals surface area contributed by atoms with Gasteiger partial charge in [-0.05, 0) is 82.5 Å². The molecular formula is C37H63N5O7S. The van der Waals surface area contributed by atoms with Crippen LogP contribution in [0.3, 0.4) is 0 Å².